The minimum atomic E-state index is -0.499. The second-order valence-electron chi connectivity index (χ2n) is 6.38. The van der Waals surface area contributed by atoms with Gasteiger partial charge in [-0.1, -0.05) is 13.8 Å². The van der Waals surface area contributed by atoms with Gasteiger partial charge in [0.05, 0.1) is 5.60 Å². The summed E-state index contributed by atoms with van der Waals surface area (Å²) in [5.41, 5.74) is 0.00143. The SMILES string of the molecule is CC1(C)CCC2(CC1)CCC(C)(C=O)O2. The number of aldehydes is 1. The van der Waals surface area contributed by atoms with Gasteiger partial charge < -0.3 is 9.53 Å². The van der Waals surface area contributed by atoms with Crippen molar-refractivity contribution >= 4 is 6.29 Å². The lowest BCUT2D eigenvalue weighted by atomic mass is 9.70. The van der Waals surface area contributed by atoms with Gasteiger partial charge in [0.1, 0.15) is 5.60 Å². The first-order valence-electron chi connectivity index (χ1n) is 6.05. The quantitative estimate of drug-likeness (QED) is 0.622. The molecule has 1 aliphatic heterocycles. The largest absolute Gasteiger partial charge is 0.361 e. The van der Waals surface area contributed by atoms with Gasteiger partial charge >= 0.3 is 0 Å². The third-order valence-corrected chi connectivity index (χ3v) is 4.29. The normalized spacial score (nSPS) is 38.1. The van der Waals surface area contributed by atoms with Crippen molar-refractivity contribution in [2.24, 2.45) is 5.41 Å². The van der Waals surface area contributed by atoms with E-state index in [9.17, 15) is 4.79 Å². The molecule has 0 N–H and O–H groups in total. The van der Waals surface area contributed by atoms with Crippen molar-refractivity contribution in [2.45, 2.75) is 70.5 Å². The highest BCUT2D eigenvalue weighted by atomic mass is 16.5. The Labute approximate surface area is 92.4 Å². The minimum Gasteiger partial charge on any atom is -0.361 e. The van der Waals surface area contributed by atoms with Gasteiger partial charge in [-0.2, -0.15) is 0 Å². The Hall–Kier alpha value is -0.370. The molecule has 0 amide bonds. The Morgan fingerprint density at radius 2 is 1.47 bits per heavy atom. The van der Waals surface area contributed by atoms with E-state index in [4.69, 9.17) is 4.74 Å². The zero-order valence-electron chi connectivity index (χ0n) is 10.1. The van der Waals surface area contributed by atoms with Crippen LogP contribution in [-0.4, -0.2) is 17.5 Å². The second-order valence-corrected chi connectivity index (χ2v) is 6.38. The maximum Gasteiger partial charge on any atom is 0.151 e. The Morgan fingerprint density at radius 1 is 0.933 bits per heavy atom. The fourth-order valence-corrected chi connectivity index (χ4v) is 2.89. The minimum absolute atomic E-state index is 0.0329. The fraction of sp³-hybridized carbons (Fsp3) is 0.923. The molecule has 1 spiro atoms. The molecule has 2 rings (SSSR count). The zero-order valence-corrected chi connectivity index (χ0v) is 10.1. The Morgan fingerprint density at radius 3 is 1.93 bits per heavy atom. The highest BCUT2D eigenvalue weighted by molar-refractivity contribution is 5.62. The van der Waals surface area contributed by atoms with E-state index >= 15 is 0 Å². The highest BCUT2D eigenvalue weighted by Gasteiger charge is 2.49. The van der Waals surface area contributed by atoms with Crippen molar-refractivity contribution in [3.05, 3.63) is 0 Å². The standard InChI is InChI=1S/C13H22O2/c1-11(2)4-7-13(8-5-11)9-6-12(3,10-14)15-13/h10H,4-9H2,1-3H3. The summed E-state index contributed by atoms with van der Waals surface area (Å²) < 4.78 is 6.05. The van der Waals surface area contributed by atoms with Crippen LogP contribution in [0.15, 0.2) is 0 Å². The van der Waals surface area contributed by atoms with Gasteiger partial charge in [-0.25, -0.2) is 0 Å². The van der Waals surface area contributed by atoms with Crippen LogP contribution < -0.4 is 0 Å². The Balaban J connectivity index is 2.04. The smallest absolute Gasteiger partial charge is 0.151 e. The molecule has 0 bridgehead atoms. The molecule has 1 unspecified atom stereocenters. The Kier molecular flexibility index (Phi) is 2.45. The predicted molar refractivity (Wildman–Crippen MR) is 59.8 cm³/mol. The number of carbonyl (C=O) groups excluding carboxylic acids is 1. The molecule has 15 heavy (non-hydrogen) atoms. The lowest BCUT2D eigenvalue weighted by Gasteiger charge is -2.41. The summed E-state index contributed by atoms with van der Waals surface area (Å²) in [4.78, 5) is 11.0. The number of hydrogen-bond acceptors (Lipinski definition) is 2. The molecule has 0 aromatic rings. The molecule has 1 saturated carbocycles. The third-order valence-electron chi connectivity index (χ3n) is 4.29. The van der Waals surface area contributed by atoms with Crippen molar-refractivity contribution in [2.75, 3.05) is 0 Å². The van der Waals surface area contributed by atoms with Gasteiger partial charge in [0.15, 0.2) is 6.29 Å². The van der Waals surface area contributed by atoms with Gasteiger partial charge in [0, 0.05) is 0 Å². The molecule has 1 saturated heterocycles. The van der Waals surface area contributed by atoms with Gasteiger partial charge in [-0.3, -0.25) is 0 Å². The fourth-order valence-electron chi connectivity index (χ4n) is 2.89. The van der Waals surface area contributed by atoms with Crippen LogP contribution in [-0.2, 0) is 9.53 Å². The zero-order chi connectivity index (χ0) is 11.2. The van der Waals surface area contributed by atoms with Crippen LogP contribution in [0.25, 0.3) is 0 Å². The van der Waals surface area contributed by atoms with E-state index < -0.39 is 5.60 Å². The number of rotatable bonds is 1. The average Bonchev–Trinajstić information content (AvgIpc) is 2.52. The summed E-state index contributed by atoms with van der Waals surface area (Å²) in [6.45, 7) is 6.58. The van der Waals surface area contributed by atoms with Gasteiger partial charge in [0.2, 0.25) is 0 Å². The lowest BCUT2D eigenvalue weighted by Crippen LogP contribution is -2.39. The van der Waals surface area contributed by atoms with Crippen molar-refractivity contribution in [1.82, 2.24) is 0 Å². The van der Waals surface area contributed by atoms with E-state index in [-0.39, 0.29) is 5.60 Å². The van der Waals surface area contributed by atoms with Crippen LogP contribution >= 0.6 is 0 Å². The maximum absolute atomic E-state index is 11.0. The van der Waals surface area contributed by atoms with Gasteiger partial charge in [-0.15, -0.1) is 0 Å². The van der Waals surface area contributed by atoms with Crippen LogP contribution in [0.5, 0.6) is 0 Å². The summed E-state index contributed by atoms with van der Waals surface area (Å²) >= 11 is 0. The van der Waals surface area contributed by atoms with Crippen molar-refractivity contribution in [1.29, 1.82) is 0 Å². The van der Waals surface area contributed by atoms with Crippen molar-refractivity contribution < 1.29 is 9.53 Å². The van der Waals surface area contributed by atoms with Gasteiger partial charge in [-0.05, 0) is 50.9 Å². The van der Waals surface area contributed by atoms with Crippen molar-refractivity contribution in [3.8, 4) is 0 Å². The highest BCUT2D eigenvalue weighted by Crippen LogP contribution is 2.49. The number of carbonyl (C=O) groups is 1. The topological polar surface area (TPSA) is 26.3 Å². The Bertz CT molecular complexity index is 260. The molecule has 2 fully saturated rings. The van der Waals surface area contributed by atoms with E-state index in [1.54, 1.807) is 0 Å². The van der Waals surface area contributed by atoms with Crippen LogP contribution in [0.1, 0.15) is 59.3 Å². The molecular weight excluding hydrogens is 188 g/mol. The molecule has 0 aromatic carbocycles. The first-order valence-corrected chi connectivity index (χ1v) is 6.05. The maximum atomic E-state index is 11.0. The van der Waals surface area contributed by atoms with Crippen molar-refractivity contribution in [3.63, 3.8) is 0 Å². The summed E-state index contributed by atoms with van der Waals surface area (Å²) in [5, 5.41) is 0. The summed E-state index contributed by atoms with van der Waals surface area (Å²) in [6, 6.07) is 0. The molecular formula is C13H22O2. The number of hydrogen-bond donors (Lipinski definition) is 0. The first kappa shape index (κ1) is 11.1. The van der Waals surface area contributed by atoms with E-state index in [0.717, 1.165) is 32.0 Å². The van der Waals surface area contributed by atoms with Gasteiger partial charge in [0.25, 0.3) is 0 Å². The van der Waals surface area contributed by atoms with E-state index in [1.165, 1.54) is 12.8 Å². The molecule has 1 heterocycles. The van der Waals surface area contributed by atoms with E-state index in [1.807, 2.05) is 6.92 Å². The molecule has 1 aliphatic carbocycles. The molecule has 0 aromatic heterocycles. The molecule has 2 aliphatic rings. The van der Waals surface area contributed by atoms with Crippen LogP contribution in [0.3, 0.4) is 0 Å². The third kappa shape index (κ3) is 2.10. The molecule has 86 valence electrons. The predicted octanol–water partition coefficient (Wildman–Crippen LogP) is 3.09. The van der Waals surface area contributed by atoms with E-state index in [0.29, 0.717) is 5.41 Å². The lowest BCUT2D eigenvalue weighted by molar-refractivity contribution is -0.146. The second kappa shape index (κ2) is 3.31. The molecule has 0 radical (unpaired) electrons. The van der Waals surface area contributed by atoms with Crippen LogP contribution in [0.2, 0.25) is 0 Å². The molecule has 2 heteroatoms. The summed E-state index contributed by atoms with van der Waals surface area (Å²) in [7, 11) is 0. The van der Waals surface area contributed by atoms with Crippen LogP contribution in [0.4, 0.5) is 0 Å². The van der Waals surface area contributed by atoms with Crippen LogP contribution in [0, 0.1) is 5.41 Å². The molecule has 2 nitrogen and oxygen atoms in total. The monoisotopic (exact) mass is 210 g/mol. The summed E-state index contributed by atoms with van der Waals surface area (Å²) in [6.07, 6.45) is 7.66. The first-order chi connectivity index (χ1) is 6.89. The number of ether oxygens (including phenoxy) is 1. The molecule has 1 atom stereocenters. The van der Waals surface area contributed by atoms with E-state index in [2.05, 4.69) is 13.8 Å². The summed E-state index contributed by atoms with van der Waals surface area (Å²) in [5.74, 6) is 0. The average molecular weight is 210 g/mol.